The molecule has 0 fully saturated rings. The molecular weight excluding hydrogens is 246 g/mol. The molecule has 0 spiro atoms. The lowest BCUT2D eigenvalue weighted by molar-refractivity contribution is -0.142. The van der Waals surface area contributed by atoms with E-state index in [-0.39, 0.29) is 17.9 Å². The number of hydrogen-bond donors (Lipinski definition) is 0. The van der Waals surface area contributed by atoms with Crippen molar-refractivity contribution in [1.82, 2.24) is 4.98 Å². The zero-order valence-electron chi connectivity index (χ0n) is 11.3. The van der Waals surface area contributed by atoms with Crippen LogP contribution in [0.1, 0.15) is 37.2 Å². The molecule has 1 unspecified atom stereocenters. The molecule has 0 aliphatic heterocycles. The summed E-state index contributed by atoms with van der Waals surface area (Å²) in [4.78, 5) is 26.7. The summed E-state index contributed by atoms with van der Waals surface area (Å²) in [6, 6.07) is 3.61. The van der Waals surface area contributed by atoms with Crippen molar-refractivity contribution >= 4 is 11.9 Å². The van der Waals surface area contributed by atoms with Gasteiger partial charge in [0.2, 0.25) is 0 Å². The summed E-state index contributed by atoms with van der Waals surface area (Å²) in [7, 11) is 2.75. The number of hydrogen-bond acceptors (Lipinski definition) is 5. The van der Waals surface area contributed by atoms with Gasteiger partial charge in [0.25, 0.3) is 0 Å². The van der Waals surface area contributed by atoms with Crippen molar-refractivity contribution in [1.29, 1.82) is 0 Å². The Kier molecular flexibility index (Phi) is 6.57. The highest BCUT2D eigenvalue weighted by Crippen LogP contribution is 2.23. The van der Waals surface area contributed by atoms with E-state index in [1.807, 2.05) is 12.1 Å². The van der Waals surface area contributed by atoms with Crippen LogP contribution in [0.25, 0.3) is 0 Å². The van der Waals surface area contributed by atoms with Crippen LogP contribution in [0.2, 0.25) is 0 Å². The first kappa shape index (κ1) is 15.1. The molecule has 0 saturated carbocycles. The normalized spacial score (nSPS) is 11.7. The molecule has 5 nitrogen and oxygen atoms in total. The minimum Gasteiger partial charge on any atom is -0.469 e. The summed E-state index contributed by atoms with van der Waals surface area (Å²) >= 11 is 0. The molecular formula is C14H19NO4. The Bertz CT molecular complexity index is 405. The van der Waals surface area contributed by atoms with Gasteiger partial charge in [-0.1, -0.05) is 6.42 Å². The third-order valence-electron chi connectivity index (χ3n) is 2.95. The Morgan fingerprint density at radius 1 is 1.16 bits per heavy atom. The largest absolute Gasteiger partial charge is 0.469 e. The summed E-state index contributed by atoms with van der Waals surface area (Å²) in [6.45, 7) is 0. The molecule has 0 aliphatic rings. The second kappa shape index (κ2) is 8.24. The van der Waals surface area contributed by atoms with Gasteiger partial charge in [0.05, 0.1) is 20.1 Å². The molecule has 19 heavy (non-hydrogen) atoms. The van der Waals surface area contributed by atoms with Crippen molar-refractivity contribution in [3.63, 3.8) is 0 Å². The van der Waals surface area contributed by atoms with Crippen LogP contribution >= 0.6 is 0 Å². The predicted molar refractivity (Wildman–Crippen MR) is 69.5 cm³/mol. The number of nitrogens with zero attached hydrogens (tertiary/aromatic N) is 1. The van der Waals surface area contributed by atoms with Crippen molar-refractivity contribution in [3.05, 3.63) is 30.1 Å². The molecule has 0 bridgehead atoms. The first-order valence-electron chi connectivity index (χ1n) is 6.23. The molecule has 1 rings (SSSR count). The summed E-state index contributed by atoms with van der Waals surface area (Å²) in [5.41, 5.74) is 0.889. The number of rotatable bonds is 7. The lowest BCUT2D eigenvalue weighted by Gasteiger charge is -2.14. The zero-order valence-corrected chi connectivity index (χ0v) is 11.3. The Labute approximate surface area is 112 Å². The van der Waals surface area contributed by atoms with Gasteiger partial charge in [-0.25, -0.2) is 0 Å². The molecule has 0 saturated heterocycles. The van der Waals surface area contributed by atoms with Gasteiger partial charge in [-0.05, 0) is 30.5 Å². The highest BCUT2D eigenvalue weighted by molar-refractivity contribution is 5.77. The van der Waals surface area contributed by atoms with Gasteiger partial charge >= 0.3 is 11.9 Å². The van der Waals surface area contributed by atoms with Crippen LogP contribution in [0, 0.1) is 0 Å². The van der Waals surface area contributed by atoms with E-state index in [9.17, 15) is 9.59 Å². The van der Waals surface area contributed by atoms with Gasteiger partial charge < -0.3 is 9.47 Å². The summed E-state index contributed by atoms with van der Waals surface area (Å²) in [6.07, 6.45) is 5.79. The molecule has 0 aromatic carbocycles. The highest BCUT2D eigenvalue weighted by Gasteiger charge is 2.20. The fraction of sp³-hybridized carbons (Fsp3) is 0.500. The van der Waals surface area contributed by atoms with Crippen LogP contribution in [-0.4, -0.2) is 31.1 Å². The molecule has 1 aromatic rings. The average molecular weight is 265 g/mol. The maximum Gasteiger partial charge on any atom is 0.313 e. The van der Waals surface area contributed by atoms with Crippen molar-refractivity contribution in [3.8, 4) is 0 Å². The number of carbonyl (C=O) groups excluding carboxylic acids is 2. The van der Waals surface area contributed by atoms with E-state index >= 15 is 0 Å². The lowest BCUT2D eigenvalue weighted by Crippen LogP contribution is -2.14. The number of unbranched alkanes of at least 4 members (excludes halogenated alkanes) is 1. The first-order chi connectivity index (χ1) is 9.19. The van der Waals surface area contributed by atoms with Gasteiger partial charge in [0, 0.05) is 18.8 Å². The molecule has 0 amide bonds. The first-order valence-corrected chi connectivity index (χ1v) is 6.23. The standard InChI is InChI=1S/C14H19NO4/c1-18-13(16)6-4-3-5-12(14(17)19-2)11-7-9-15-10-8-11/h7-10,12H,3-6H2,1-2H3. The molecule has 0 radical (unpaired) electrons. The van der Waals surface area contributed by atoms with Gasteiger partial charge in [-0.15, -0.1) is 0 Å². The van der Waals surface area contributed by atoms with E-state index in [1.54, 1.807) is 12.4 Å². The Morgan fingerprint density at radius 2 is 1.84 bits per heavy atom. The quantitative estimate of drug-likeness (QED) is 0.557. The van der Waals surface area contributed by atoms with Crippen LogP contribution in [-0.2, 0) is 19.1 Å². The lowest BCUT2D eigenvalue weighted by atomic mass is 9.94. The SMILES string of the molecule is COC(=O)CCCCC(C(=O)OC)c1ccncc1. The fourth-order valence-corrected chi connectivity index (χ4v) is 1.88. The number of pyridine rings is 1. The number of ether oxygens (including phenoxy) is 2. The van der Waals surface area contributed by atoms with E-state index < -0.39 is 0 Å². The van der Waals surface area contributed by atoms with E-state index in [4.69, 9.17) is 4.74 Å². The number of esters is 2. The Morgan fingerprint density at radius 3 is 2.42 bits per heavy atom. The van der Waals surface area contributed by atoms with Crippen LogP contribution in [0.15, 0.2) is 24.5 Å². The molecule has 1 aromatic heterocycles. The summed E-state index contributed by atoms with van der Waals surface area (Å²) in [5.74, 6) is -0.784. The van der Waals surface area contributed by atoms with E-state index in [0.717, 1.165) is 12.0 Å². The second-order valence-corrected chi connectivity index (χ2v) is 4.18. The number of carbonyl (C=O) groups is 2. The molecule has 5 heteroatoms. The average Bonchev–Trinajstić information content (AvgIpc) is 2.47. The van der Waals surface area contributed by atoms with E-state index in [0.29, 0.717) is 19.3 Å². The van der Waals surface area contributed by atoms with Crippen molar-refractivity contribution in [2.75, 3.05) is 14.2 Å². The van der Waals surface area contributed by atoms with Crippen LogP contribution in [0.4, 0.5) is 0 Å². The second-order valence-electron chi connectivity index (χ2n) is 4.18. The number of methoxy groups -OCH3 is 2. The van der Waals surface area contributed by atoms with E-state index in [1.165, 1.54) is 14.2 Å². The molecule has 0 N–H and O–H groups in total. The molecule has 1 heterocycles. The highest BCUT2D eigenvalue weighted by atomic mass is 16.5. The smallest absolute Gasteiger partial charge is 0.313 e. The summed E-state index contributed by atoms with van der Waals surface area (Å²) in [5, 5.41) is 0. The third kappa shape index (κ3) is 5.07. The van der Waals surface area contributed by atoms with Crippen molar-refractivity contribution < 1.29 is 19.1 Å². The van der Waals surface area contributed by atoms with Crippen molar-refractivity contribution in [2.45, 2.75) is 31.6 Å². The van der Waals surface area contributed by atoms with Gasteiger partial charge in [0.1, 0.15) is 0 Å². The topological polar surface area (TPSA) is 65.5 Å². The van der Waals surface area contributed by atoms with Crippen LogP contribution in [0.5, 0.6) is 0 Å². The molecule has 1 atom stereocenters. The minimum atomic E-state index is -0.300. The molecule has 0 aliphatic carbocycles. The zero-order chi connectivity index (χ0) is 14.1. The van der Waals surface area contributed by atoms with Crippen molar-refractivity contribution in [2.24, 2.45) is 0 Å². The van der Waals surface area contributed by atoms with Gasteiger partial charge in [-0.3, -0.25) is 14.6 Å². The fourth-order valence-electron chi connectivity index (χ4n) is 1.88. The minimum absolute atomic E-state index is 0.224. The van der Waals surface area contributed by atoms with Crippen LogP contribution < -0.4 is 0 Å². The van der Waals surface area contributed by atoms with E-state index in [2.05, 4.69) is 9.72 Å². The monoisotopic (exact) mass is 265 g/mol. The maximum atomic E-state index is 11.8. The molecule has 104 valence electrons. The number of aromatic nitrogens is 1. The third-order valence-corrected chi connectivity index (χ3v) is 2.95. The Balaban J connectivity index is 2.52. The van der Waals surface area contributed by atoms with Gasteiger partial charge in [0.15, 0.2) is 0 Å². The van der Waals surface area contributed by atoms with Crippen LogP contribution in [0.3, 0.4) is 0 Å². The van der Waals surface area contributed by atoms with Gasteiger partial charge in [-0.2, -0.15) is 0 Å². The predicted octanol–water partition coefficient (Wildman–Crippen LogP) is 2.07. The summed E-state index contributed by atoms with van der Waals surface area (Å²) < 4.78 is 9.39. The Hall–Kier alpha value is -1.91. The maximum absolute atomic E-state index is 11.8.